The van der Waals surface area contributed by atoms with E-state index in [0.717, 1.165) is 16.8 Å². The molecular weight excluding hydrogens is 436 g/mol. The van der Waals surface area contributed by atoms with Gasteiger partial charge in [-0.15, -0.1) is 0 Å². The maximum atomic E-state index is 13.1. The van der Waals surface area contributed by atoms with Crippen molar-refractivity contribution in [3.05, 3.63) is 70.9 Å². The molecule has 10 nitrogen and oxygen atoms in total. The van der Waals surface area contributed by atoms with Crippen LogP contribution < -0.4 is 11.1 Å². The van der Waals surface area contributed by atoms with E-state index in [-0.39, 0.29) is 30.5 Å². The normalized spacial score (nSPS) is 17.6. The predicted octanol–water partition coefficient (Wildman–Crippen LogP) is 0.933. The number of nitrogens with two attached hydrogens (primary N) is 1. The molecule has 2 aromatic heterocycles. The van der Waals surface area contributed by atoms with E-state index in [1.54, 1.807) is 30.5 Å². The second-order valence-electron chi connectivity index (χ2n) is 8.40. The van der Waals surface area contributed by atoms with Crippen LogP contribution in [0.25, 0.3) is 11.3 Å². The molecule has 0 radical (unpaired) electrons. The van der Waals surface area contributed by atoms with E-state index in [1.165, 1.54) is 11.1 Å². The van der Waals surface area contributed by atoms with Gasteiger partial charge in [-0.1, -0.05) is 18.2 Å². The van der Waals surface area contributed by atoms with Crippen LogP contribution in [0.3, 0.4) is 0 Å². The molecule has 0 spiro atoms. The highest BCUT2D eigenvalue weighted by Gasteiger charge is 2.40. The zero-order valence-electron chi connectivity index (χ0n) is 18.4. The Balaban J connectivity index is 1.47. The highest BCUT2D eigenvalue weighted by molar-refractivity contribution is 6.06. The number of carbonyl (C=O) groups excluding carboxylic acids is 4. The van der Waals surface area contributed by atoms with Crippen molar-refractivity contribution >= 4 is 23.6 Å². The van der Waals surface area contributed by atoms with Gasteiger partial charge in [-0.05, 0) is 29.7 Å². The molecule has 10 heteroatoms. The van der Waals surface area contributed by atoms with Crippen molar-refractivity contribution in [1.82, 2.24) is 24.8 Å². The lowest BCUT2D eigenvalue weighted by Crippen LogP contribution is -2.52. The summed E-state index contributed by atoms with van der Waals surface area (Å²) in [5, 5.41) is 2.32. The fourth-order valence-corrected chi connectivity index (χ4v) is 4.66. The van der Waals surface area contributed by atoms with Gasteiger partial charge >= 0.3 is 0 Å². The molecule has 1 atom stereocenters. The number of rotatable bonds is 5. The van der Waals surface area contributed by atoms with Gasteiger partial charge in [0.25, 0.3) is 11.8 Å². The number of hydrogen-bond acceptors (Lipinski definition) is 6. The standard InChI is InChI=1S/C24H22N6O4/c1-29-18(11-27-19(29)10-13-4-3-9-26-21(13)22(25)32)14-5-2-6-15-16(14)12-30(24(15)34)17-7-8-20(31)28-23(17)33/h2-6,9,11,17H,7-8,10,12H2,1H3,(H2,25,32)(H,28,31,33). The monoisotopic (exact) mass is 458 g/mol. The summed E-state index contributed by atoms with van der Waals surface area (Å²) in [4.78, 5) is 58.9. The van der Waals surface area contributed by atoms with Gasteiger partial charge in [0.15, 0.2) is 0 Å². The zero-order chi connectivity index (χ0) is 24.0. The van der Waals surface area contributed by atoms with Gasteiger partial charge in [-0.2, -0.15) is 0 Å². The van der Waals surface area contributed by atoms with Crippen molar-refractivity contribution < 1.29 is 19.2 Å². The number of imidazole rings is 1. The molecule has 5 rings (SSSR count). The van der Waals surface area contributed by atoms with Crippen molar-refractivity contribution in [3.63, 3.8) is 0 Å². The van der Waals surface area contributed by atoms with Gasteiger partial charge in [0.1, 0.15) is 17.6 Å². The number of pyridine rings is 1. The van der Waals surface area contributed by atoms with Gasteiger partial charge in [0, 0.05) is 43.8 Å². The Morgan fingerprint density at radius 1 is 1.15 bits per heavy atom. The number of imide groups is 1. The van der Waals surface area contributed by atoms with E-state index in [9.17, 15) is 19.2 Å². The van der Waals surface area contributed by atoms with Crippen LogP contribution in [0.1, 0.15) is 50.6 Å². The molecule has 2 aliphatic heterocycles. The number of nitrogens with zero attached hydrogens (tertiary/aromatic N) is 4. The van der Waals surface area contributed by atoms with E-state index >= 15 is 0 Å². The summed E-state index contributed by atoms with van der Waals surface area (Å²) in [6, 6.07) is 8.33. The van der Waals surface area contributed by atoms with E-state index in [2.05, 4.69) is 15.3 Å². The Labute approximate surface area is 194 Å². The topological polar surface area (TPSA) is 140 Å². The summed E-state index contributed by atoms with van der Waals surface area (Å²) in [5.74, 6) is -0.882. The number of carbonyl (C=O) groups is 4. The first-order chi connectivity index (χ1) is 16.3. The third-order valence-electron chi connectivity index (χ3n) is 6.42. The van der Waals surface area contributed by atoms with Crippen LogP contribution >= 0.6 is 0 Å². The van der Waals surface area contributed by atoms with E-state index in [4.69, 9.17) is 5.73 Å². The van der Waals surface area contributed by atoms with Crippen molar-refractivity contribution in [2.45, 2.75) is 31.8 Å². The lowest BCUT2D eigenvalue weighted by molar-refractivity contribution is -0.136. The summed E-state index contributed by atoms with van der Waals surface area (Å²) < 4.78 is 1.91. The Hall–Kier alpha value is -4.34. The van der Waals surface area contributed by atoms with Gasteiger partial charge < -0.3 is 15.2 Å². The van der Waals surface area contributed by atoms with Crippen LogP contribution in [0, 0.1) is 0 Å². The van der Waals surface area contributed by atoms with Gasteiger partial charge in [0.05, 0.1) is 11.9 Å². The largest absolute Gasteiger partial charge is 0.364 e. The summed E-state index contributed by atoms with van der Waals surface area (Å²) in [7, 11) is 1.87. The fourth-order valence-electron chi connectivity index (χ4n) is 4.66. The van der Waals surface area contributed by atoms with Gasteiger partial charge in [-0.25, -0.2) is 4.98 Å². The van der Waals surface area contributed by atoms with Crippen LogP contribution in [0.15, 0.2) is 42.7 Å². The summed E-state index contributed by atoms with van der Waals surface area (Å²) in [5.41, 5.74) is 9.32. The molecule has 1 aromatic carbocycles. The molecule has 3 N–H and O–H groups in total. The van der Waals surface area contributed by atoms with Crippen LogP contribution in [-0.2, 0) is 29.6 Å². The highest BCUT2D eigenvalue weighted by Crippen LogP contribution is 2.35. The minimum absolute atomic E-state index is 0.204. The van der Waals surface area contributed by atoms with Crippen molar-refractivity contribution in [1.29, 1.82) is 0 Å². The molecule has 0 saturated carbocycles. The SMILES string of the molecule is Cn1c(-c2cccc3c2CN(C2CCC(=O)NC2=O)C3=O)cnc1Cc1cccnc1C(N)=O. The second kappa shape index (κ2) is 8.22. The molecule has 4 amide bonds. The van der Waals surface area contributed by atoms with E-state index in [1.807, 2.05) is 17.7 Å². The minimum Gasteiger partial charge on any atom is -0.364 e. The molecule has 1 unspecified atom stereocenters. The molecule has 3 aromatic rings. The average Bonchev–Trinajstić information content (AvgIpc) is 3.34. The van der Waals surface area contributed by atoms with Crippen molar-refractivity contribution in [2.24, 2.45) is 12.8 Å². The third-order valence-corrected chi connectivity index (χ3v) is 6.42. The number of hydrogen-bond donors (Lipinski definition) is 2. The van der Waals surface area contributed by atoms with Crippen LogP contribution in [0.5, 0.6) is 0 Å². The molecule has 0 bridgehead atoms. The Bertz CT molecular complexity index is 1360. The first kappa shape index (κ1) is 21.5. The number of piperidine rings is 1. The molecule has 1 fully saturated rings. The van der Waals surface area contributed by atoms with E-state index < -0.39 is 17.9 Å². The number of nitrogens with one attached hydrogen (secondary N) is 1. The Kier molecular flexibility index (Phi) is 5.20. The van der Waals surface area contributed by atoms with Gasteiger partial charge in [-0.3, -0.25) is 29.5 Å². The summed E-state index contributed by atoms with van der Waals surface area (Å²) in [6.07, 6.45) is 4.12. The lowest BCUT2D eigenvalue weighted by Gasteiger charge is -2.29. The average molecular weight is 458 g/mol. The molecule has 34 heavy (non-hydrogen) atoms. The van der Waals surface area contributed by atoms with Crippen LogP contribution in [0.2, 0.25) is 0 Å². The molecule has 172 valence electrons. The number of primary amides is 1. The lowest BCUT2D eigenvalue weighted by atomic mass is 10.0. The molecule has 0 aliphatic carbocycles. The Morgan fingerprint density at radius 3 is 2.71 bits per heavy atom. The number of benzene rings is 1. The Morgan fingerprint density at radius 2 is 1.94 bits per heavy atom. The number of aromatic nitrogens is 3. The quantitative estimate of drug-likeness (QED) is 0.545. The molecule has 2 aliphatic rings. The molecule has 1 saturated heterocycles. The first-order valence-electron chi connectivity index (χ1n) is 10.9. The number of amides is 4. The smallest absolute Gasteiger partial charge is 0.267 e. The maximum absolute atomic E-state index is 13.1. The van der Waals surface area contributed by atoms with Crippen LogP contribution in [0.4, 0.5) is 0 Å². The summed E-state index contributed by atoms with van der Waals surface area (Å²) in [6.45, 7) is 0.269. The van der Waals surface area contributed by atoms with E-state index in [0.29, 0.717) is 29.8 Å². The highest BCUT2D eigenvalue weighted by atomic mass is 16.2. The second-order valence-corrected chi connectivity index (χ2v) is 8.40. The third kappa shape index (κ3) is 3.53. The fraction of sp³-hybridized carbons (Fsp3) is 0.250. The van der Waals surface area contributed by atoms with Crippen molar-refractivity contribution in [2.75, 3.05) is 0 Å². The molecule has 4 heterocycles. The number of fused-ring (bicyclic) bond motifs is 1. The zero-order valence-corrected chi connectivity index (χ0v) is 18.4. The summed E-state index contributed by atoms with van der Waals surface area (Å²) >= 11 is 0. The maximum Gasteiger partial charge on any atom is 0.267 e. The van der Waals surface area contributed by atoms with Crippen molar-refractivity contribution in [3.8, 4) is 11.3 Å². The van der Waals surface area contributed by atoms with Crippen LogP contribution in [-0.4, -0.2) is 49.1 Å². The first-order valence-corrected chi connectivity index (χ1v) is 10.9. The predicted molar refractivity (Wildman–Crippen MR) is 120 cm³/mol. The minimum atomic E-state index is -0.676. The molecular formula is C24H22N6O4. The van der Waals surface area contributed by atoms with Gasteiger partial charge in [0.2, 0.25) is 11.8 Å².